The molecular weight excluding hydrogens is 408 g/mol. The molecule has 0 bridgehead atoms. The lowest BCUT2D eigenvalue weighted by Gasteiger charge is -2.16. The molecule has 6 heteroatoms. The second-order valence-electron chi connectivity index (χ2n) is 7.69. The molecule has 5 nitrogen and oxygen atoms in total. The van der Waals surface area contributed by atoms with Crippen molar-refractivity contribution in [3.63, 3.8) is 0 Å². The third-order valence-corrected chi connectivity index (χ3v) is 5.88. The average molecular weight is 435 g/mol. The maximum Gasteiger partial charge on any atom is 0.251 e. The summed E-state index contributed by atoms with van der Waals surface area (Å²) in [6, 6.07) is 17.6. The van der Waals surface area contributed by atoms with Gasteiger partial charge in [-0.15, -0.1) is 0 Å². The first-order valence-corrected chi connectivity index (χ1v) is 11.1. The number of fused-ring (bicyclic) bond motifs is 1. The lowest BCUT2D eigenvalue weighted by atomic mass is 10.0. The summed E-state index contributed by atoms with van der Waals surface area (Å²) in [6.07, 6.45) is 4.47. The highest BCUT2D eigenvalue weighted by Crippen LogP contribution is 2.31. The van der Waals surface area contributed by atoms with E-state index in [1.54, 1.807) is 6.20 Å². The maximum absolute atomic E-state index is 12.4. The molecule has 2 heterocycles. The molecule has 0 radical (unpaired) electrons. The zero-order valence-corrected chi connectivity index (χ0v) is 18.2. The van der Waals surface area contributed by atoms with Gasteiger partial charge in [0.1, 0.15) is 0 Å². The largest absolute Gasteiger partial charge is 0.380 e. The summed E-state index contributed by atoms with van der Waals surface area (Å²) in [5.74, 6) is -0.0700. The fraction of sp³-hybridized carbons (Fsp3) is 0.280. The molecule has 0 spiro atoms. The fourth-order valence-corrected chi connectivity index (χ4v) is 4.10. The number of amides is 1. The SMILES string of the molecule is O=C(NCCc1ccccn1)c1ccc(CNc2c(Cl)ccc3c2CCNCC3)cc1. The number of hydrogen-bond acceptors (Lipinski definition) is 4. The number of hydrogen-bond donors (Lipinski definition) is 3. The molecule has 1 aromatic heterocycles. The van der Waals surface area contributed by atoms with Gasteiger partial charge in [-0.1, -0.05) is 35.9 Å². The minimum absolute atomic E-state index is 0.0700. The Hall–Kier alpha value is -2.89. The minimum Gasteiger partial charge on any atom is -0.380 e. The molecule has 0 unspecified atom stereocenters. The molecule has 0 aliphatic carbocycles. The summed E-state index contributed by atoms with van der Waals surface area (Å²) in [6.45, 7) is 3.18. The molecule has 1 aliphatic rings. The Morgan fingerprint density at radius 2 is 1.87 bits per heavy atom. The van der Waals surface area contributed by atoms with Gasteiger partial charge >= 0.3 is 0 Å². The normalized spacial score (nSPS) is 13.2. The van der Waals surface area contributed by atoms with Crippen molar-refractivity contribution in [1.29, 1.82) is 0 Å². The maximum atomic E-state index is 12.4. The summed E-state index contributed by atoms with van der Waals surface area (Å²) in [5, 5.41) is 10.7. The second-order valence-corrected chi connectivity index (χ2v) is 8.09. The Bertz CT molecular complexity index is 1020. The van der Waals surface area contributed by atoms with Crippen LogP contribution in [-0.4, -0.2) is 30.5 Å². The predicted octanol–water partition coefficient (Wildman–Crippen LogP) is 4.01. The van der Waals surface area contributed by atoms with Crippen LogP contribution < -0.4 is 16.0 Å². The van der Waals surface area contributed by atoms with E-state index in [9.17, 15) is 4.79 Å². The van der Waals surface area contributed by atoms with E-state index in [1.807, 2.05) is 48.5 Å². The molecule has 2 aromatic carbocycles. The number of benzene rings is 2. The van der Waals surface area contributed by atoms with Gasteiger partial charge in [-0.3, -0.25) is 9.78 Å². The number of carbonyl (C=O) groups excluding carboxylic acids is 1. The van der Waals surface area contributed by atoms with Crippen LogP contribution in [0.3, 0.4) is 0 Å². The van der Waals surface area contributed by atoms with Crippen LogP contribution in [0, 0.1) is 0 Å². The van der Waals surface area contributed by atoms with Crippen molar-refractivity contribution >= 4 is 23.2 Å². The van der Waals surface area contributed by atoms with E-state index in [0.29, 0.717) is 25.1 Å². The van der Waals surface area contributed by atoms with E-state index in [2.05, 4.69) is 27.0 Å². The molecule has 1 aliphatic heterocycles. The molecule has 31 heavy (non-hydrogen) atoms. The van der Waals surface area contributed by atoms with Crippen molar-refractivity contribution in [3.8, 4) is 0 Å². The molecule has 0 saturated heterocycles. The summed E-state index contributed by atoms with van der Waals surface area (Å²) < 4.78 is 0. The van der Waals surface area contributed by atoms with Crippen LogP contribution in [0.15, 0.2) is 60.8 Å². The zero-order valence-electron chi connectivity index (χ0n) is 17.5. The lowest BCUT2D eigenvalue weighted by Crippen LogP contribution is -2.25. The first-order valence-electron chi connectivity index (χ1n) is 10.7. The molecule has 0 fully saturated rings. The van der Waals surface area contributed by atoms with Gasteiger partial charge in [0.25, 0.3) is 5.91 Å². The van der Waals surface area contributed by atoms with Crippen molar-refractivity contribution in [1.82, 2.24) is 15.6 Å². The fourth-order valence-electron chi connectivity index (χ4n) is 3.85. The van der Waals surface area contributed by atoms with Crippen LogP contribution in [0.25, 0.3) is 0 Å². The highest BCUT2D eigenvalue weighted by Gasteiger charge is 2.14. The molecule has 1 amide bonds. The van der Waals surface area contributed by atoms with Gasteiger partial charge in [0.2, 0.25) is 0 Å². The van der Waals surface area contributed by atoms with Gasteiger partial charge in [0.15, 0.2) is 0 Å². The van der Waals surface area contributed by atoms with Crippen LogP contribution in [0.2, 0.25) is 5.02 Å². The van der Waals surface area contributed by atoms with E-state index in [1.165, 1.54) is 11.1 Å². The number of halogens is 1. The highest BCUT2D eigenvalue weighted by molar-refractivity contribution is 6.33. The van der Waals surface area contributed by atoms with Gasteiger partial charge in [0.05, 0.1) is 10.7 Å². The number of pyridine rings is 1. The zero-order chi connectivity index (χ0) is 21.5. The van der Waals surface area contributed by atoms with Gasteiger partial charge < -0.3 is 16.0 Å². The van der Waals surface area contributed by atoms with Crippen molar-refractivity contribution in [2.45, 2.75) is 25.8 Å². The Labute approximate surface area is 188 Å². The molecule has 160 valence electrons. The average Bonchev–Trinajstić information content (AvgIpc) is 3.05. The highest BCUT2D eigenvalue weighted by atomic mass is 35.5. The Kier molecular flexibility index (Phi) is 7.18. The number of carbonyl (C=O) groups is 1. The summed E-state index contributed by atoms with van der Waals surface area (Å²) >= 11 is 6.50. The lowest BCUT2D eigenvalue weighted by molar-refractivity contribution is 0.0954. The standard InChI is InChI=1S/C25H27ClN4O/c26-23-9-8-19-10-14-27-15-12-22(19)24(23)30-17-18-4-6-20(7-5-18)25(31)29-16-11-21-3-1-2-13-28-21/h1-9,13,27,30H,10-12,14-17H2,(H,29,31). The van der Waals surface area contributed by atoms with E-state index in [-0.39, 0.29) is 5.91 Å². The van der Waals surface area contributed by atoms with E-state index in [4.69, 9.17) is 11.6 Å². The van der Waals surface area contributed by atoms with Crippen LogP contribution in [0.1, 0.15) is 32.7 Å². The third-order valence-electron chi connectivity index (χ3n) is 5.56. The molecule has 3 aromatic rings. The van der Waals surface area contributed by atoms with Crippen molar-refractivity contribution in [2.24, 2.45) is 0 Å². The molecule has 0 atom stereocenters. The Morgan fingerprint density at radius 1 is 1.03 bits per heavy atom. The first kappa shape index (κ1) is 21.3. The van der Waals surface area contributed by atoms with Gasteiger partial charge in [-0.05, 0) is 73.0 Å². The van der Waals surface area contributed by atoms with Crippen LogP contribution in [-0.2, 0) is 25.8 Å². The topological polar surface area (TPSA) is 66.0 Å². The third kappa shape index (κ3) is 5.63. The van der Waals surface area contributed by atoms with Gasteiger partial charge in [0, 0.05) is 37.0 Å². The van der Waals surface area contributed by atoms with Crippen molar-refractivity contribution in [3.05, 3.63) is 93.8 Å². The van der Waals surface area contributed by atoms with Gasteiger partial charge in [-0.2, -0.15) is 0 Å². The monoisotopic (exact) mass is 434 g/mol. The Morgan fingerprint density at radius 3 is 2.68 bits per heavy atom. The summed E-state index contributed by atoms with van der Waals surface area (Å²) in [4.78, 5) is 16.7. The first-order chi connectivity index (χ1) is 15.2. The number of anilines is 1. The molecule has 4 rings (SSSR count). The van der Waals surface area contributed by atoms with Crippen LogP contribution in [0.4, 0.5) is 5.69 Å². The number of aromatic nitrogens is 1. The molecule has 0 saturated carbocycles. The summed E-state index contributed by atoms with van der Waals surface area (Å²) in [7, 11) is 0. The quantitative estimate of drug-likeness (QED) is 0.525. The number of rotatable bonds is 7. The number of nitrogens with zero attached hydrogens (tertiary/aromatic N) is 1. The van der Waals surface area contributed by atoms with Crippen molar-refractivity contribution in [2.75, 3.05) is 25.0 Å². The summed E-state index contributed by atoms with van der Waals surface area (Å²) in [5.41, 5.74) is 6.42. The van der Waals surface area contributed by atoms with E-state index < -0.39 is 0 Å². The molecule has 3 N–H and O–H groups in total. The second kappa shape index (κ2) is 10.4. The molecular formula is C25H27ClN4O. The van der Waals surface area contributed by atoms with Crippen LogP contribution >= 0.6 is 11.6 Å². The number of nitrogens with one attached hydrogen (secondary N) is 3. The Balaban J connectivity index is 1.33. The predicted molar refractivity (Wildman–Crippen MR) is 126 cm³/mol. The van der Waals surface area contributed by atoms with E-state index in [0.717, 1.165) is 47.9 Å². The minimum atomic E-state index is -0.0700. The van der Waals surface area contributed by atoms with Crippen LogP contribution in [0.5, 0.6) is 0 Å². The van der Waals surface area contributed by atoms with Crippen molar-refractivity contribution < 1.29 is 4.79 Å². The smallest absolute Gasteiger partial charge is 0.251 e. The van der Waals surface area contributed by atoms with Gasteiger partial charge in [-0.25, -0.2) is 0 Å². The van der Waals surface area contributed by atoms with E-state index >= 15 is 0 Å².